The molecule has 4 aromatic carbocycles. The van der Waals surface area contributed by atoms with Gasteiger partial charge < -0.3 is 4.90 Å². The van der Waals surface area contributed by atoms with Crippen molar-refractivity contribution in [2.24, 2.45) is 5.92 Å². The highest BCUT2D eigenvalue weighted by Crippen LogP contribution is 2.47. The highest BCUT2D eigenvalue weighted by atomic mass is 32.2. The highest BCUT2D eigenvalue weighted by molar-refractivity contribution is 8.00. The number of allylic oxidation sites excluding steroid dienone is 1. The Morgan fingerprint density at radius 2 is 1.64 bits per heavy atom. The molecule has 3 aliphatic rings. The van der Waals surface area contributed by atoms with E-state index in [1.54, 1.807) is 0 Å². The monoisotopic (exact) mass is 571 g/mol. The van der Waals surface area contributed by atoms with Gasteiger partial charge in [-0.3, -0.25) is 0 Å². The minimum Gasteiger partial charge on any atom is -0.358 e. The Balaban J connectivity index is 1.30. The number of anilines is 1. The van der Waals surface area contributed by atoms with Crippen molar-refractivity contribution in [3.05, 3.63) is 114 Å². The number of nitrogens with zero attached hydrogens (tertiary/aromatic N) is 2. The lowest BCUT2D eigenvalue weighted by atomic mass is 9.73. The number of rotatable bonds is 9. The van der Waals surface area contributed by atoms with Gasteiger partial charge in [0, 0.05) is 36.1 Å². The van der Waals surface area contributed by atoms with Crippen LogP contribution in [0.25, 0.3) is 10.8 Å². The highest BCUT2D eigenvalue weighted by Gasteiger charge is 2.49. The van der Waals surface area contributed by atoms with Crippen LogP contribution in [0.2, 0.25) is 0 Å². The van der Waals surface area contributed by atoms with Crippen LogP contribution in [0.4, 0.5) is 11.4 Å². The van der Waals surface area contributed by atoms with Crippen LogP contribution in [0, 0.1) is 5.92 Å². The number of hydrogen-bond acceptors (Lipinski definition) is 2. The van der Waals surface area contributed by atoms with Gasteiger partial charge in [-0.05, 0) is 66.3 Å². The van der Waals surface area contributed by atoms with Crippen molar-refractivity contribution >= 4 is 39.6 Å². The maximum absolute atomic E-state index is 2.70. The minimum absolute atomic E-state index is 0.131. The largest absolute Gasteiger partial charge is 0.358 e. The molecule has 0 aromatic heterocycles. The summed E-state index contributed by atoms with van der Waals surface area (Å²) in [4.78, 5) is 3.80. The molecule has 2 unspecified atom stereocenters. The van der Waals surface area contributed by atoms with Crippen LogP contribution in [-0.2, 0) is 11.8 Å². The van der Waals surface area contributed by atoms with Crippen LogP contribution in [0.1, 0.15) is 63.0 Å². The fourth-order valence-electron chi connectivity index (χ4n) is 7.86. The predicted molar refractivity (Wildman–Crippen MR) is 181 cm³/mol. The molecule has 1 saturated carbocycles. The Kier molecular flexibility index (Phi) is 7.71. The summed E-state index contributed by atoms with van der Waals surface area (Å²) in [6, 6.07) is 33.7. The molecule has 4 aromatic rings. The molecule has 0 N–H and O–H groups in total. The van der Waals surface area contributed by atoms with E-state index in [1.807, 2.05) is 11.8 Å². The number of para-hydroxylation sites is 1. The molecule has 2 nitrogen and oxygen atoms in total. The summed E-state index contributed by atoms with van der Waals surface area (Å²) < 4.78 is 2.70. The van der Waals surface area contributed by atoms with Crippen LogP contribution < -0.4 is 4.90 Å². The Bertz CT molecular complexity index is 1630. The average Bonchev–Trinajstić information content (AvgIpc) is 3.71. The second-order valence-corrected chi connectivity index (χ2v) is 14.0. The summed E-state index contributed by atoms with van der Waals surface area (Å²) in [5, 5.41) is 3.02. The fraction of sp³-hybridized carbons (Fsp3) is 0.359. The number of unbranched alkanes of at least 4 members (excludes halogenated alkanes) is 1. The molecule has 214 valence electrons. The maximum Gasteiger partial charge on any atom is 0.210 e. The van der Waals surface area contributed by atoms with E-state index in [9.17, 15) is 0 Å². The normalized spacial score (nSPS) is 22.0. The van der Waals surface area contributed by atoms with Gasteiger partial charge in [-0.25, -0.2) is 0 Å². The first-order chi connectivity index (χ1) is 20.6. The van der Waals surface area contributed by atoms with Gasteiger partial charge in [-0.2, -0.15) is 4.58 Å². The van der Waals surface area contributed by atoms with E-state index in [4.69, 9.17) is 0 Å². The smallest absolute Gasteiger partial charge is 0.210 e. The summed E-state index contributed by atoms with van der Waals surface area (Å²) in [6.07, 6.45) is 15.7. The lowest BCUT2D eigenvalue weighted by Crippen LogP contribution is -2.34. The van der Waals surface area contributed by atoms with Gasteiger partial charge >= 0.3 is 0 Å². The maximum atomic E-state index is 2.70. The molecule has 2 atom stereocenters. The van der Waals surface area contributed by atoms with Gasteiger partial charge in [0.15, 0.2) is 5.71 Å². The number of hydrogen-bond donors (Lipinski definition) is 0. The Morgan fingerprint density at radius 1 is 0.881 bits per heavy atom. The van der Waals surface area contributed by atoms with Crippen LogP contribution in [-0.4, -0.2) is 29.3 Å². The molecule has 0 radical (unpaired) electrons. The summed E-state index contributed by atoms with van der Waals surface area (Å²) in [6.45, 7) is 3.58. The van der Waals surface area contributed by atoms with Crippen molar-refractivity contribution in [3.8, 4) is 0 Å². The molecular weight excluding hydrogens is 529 g/mol. The quantitative estimate of drug-likeness (QED) is 0.146. The van der Waals surface area contributed by atoms with E-state index in [1.165, 1.54) is 88.8 Å². The molecule has 3 heteroatoms. The lowest BCUT2D eigenvalue weighted by Gasteiger charge is -2.25. The van der Waals surface area contributed by atoms with Gasteiger partial charge in [-0.15, -0.1) is 0 Å². The second-order valence-electron chi connectivity index (χ2n) is 12.8. The van der Waals surface area contributed by atoms with Crippen molar-refractivity contribution in [2.75, 3.05) is 18.5 Å². The number of likely N-dealkylation sites (N-methyl/N-ethyl adjacent to an activating group) is 1. The minimum atomic E-state index is -0.131. The van der Waals surface area contributed by atoms with Crippen LogP contribution >= 0.6 is 11.8 Å². The van der Waals surface area contributed by atoms with Gasteiger partial charge in [-0.1, -0.05) is 111 Å². The third-order valence-corrected chi connectivity index (χ3v) is 11.3. The first-order valence-corrected chi connectivity index (χ1v) is 16.9. The van der Waals surface area contributed by atoms with Gasteiger partial charge in [0.1, 0.15) is 6.54 Å². The molecular formula is C39H43N2S+. The van der Waals surface area contributed by atoms with E-state index >= 15 is 0 Å². The molecule has 2 heterocycles. The second kappa shape index (κ2) is 11.8. The molecule has 0 bridgehead atoms. The van der Waals surface area contributed by atoms with E-state index in [0.29, 0.717) is 5.37 Å². The van der Waals surface area contributed by atoms with E-state index in [0.717, 1.165) is 18.9 Å². The first kappa shape index (κ1) is 27.5. The Labute approximate surface area is 256 Å². The zero-order chi connectivity index (χ0) is 28.5. The SMILES string of the molecule is CN1c2ccccc2SC1C=CC1=[N+](CCCCC2CCCC2)c2ccc3ccccc3c2C1(C)Cc1ccccc1. The third-order valence-electron chi connectivity index (χ3n) is 10.0. The number of benzene rings is 4. The van der Waals surface area contributed by atoms with E-state index in [-0.39, 0.29) is 5.41 Å². The topological polar surface area (TPSA) is 6.25 Å². The predicted octanol–water partition coefficient (Wildman–Crippen LogP) is 9.92. The fourth-order valence-corrected chi connectivity index (χ4v) is 9.04. The third kappa shape index (κ3) is 5.11. The molecule has 42 heavy (non-hydrogen) atoms. The van der Waals surface area contributed by atoms with Crippen LogP contribution in [0.3, 0.4) is 0 Å². The molecule has 1 aliphatic carbocycles. The average molecular weight is 572 g/mol. The van der Waals surface area contributed by atoms with Gasteiger partial charge in [0.2, 0.25) is 5.69 Å². The van der Waals surface area contributed by atoms with Gasteiger partial charge in [0.25, 0.3) is 0 Å². The van der Waals surface area contributed by atoms with Crippen molar-refractivity contribution in [2.45, 2.75) is 74.0 Å². The molecule has 0 spiro atoms. The molecule has 2 aliphatic heterocycles. The van der Waals surface area contributed by atoms with Crippen LogP contribution in [0.15, 0.2) is 108 Å². The molecule has 0 saturated heterocycles. The zero-order valence-electron chi connectivity index (χ0n) is 25.1. The van der Waals surface area contributed by atoms with Crippen molar-refractivity contribution < 1.29 is 4.58 Å². The van der Waals surface area contributed by atoms with Crippen LogP contribution in [0.5, 0.6) is 0 Å². The number of fused-ring (bicyclic) bond motifs is 4. The zero-order valence-corrected chi connectivity index (χ0v) is 26.0. The summed E-state index contributed by atoms with van der Waals surface area (Å²) >= 11 is 1.96. The Morgan fingerprint density at radius 3 is 2.48 bits per heavy atom. The van der Waals surface area contributed by atoms with E-state index in [2.05, 4.69) is 127 Å². The lowest BCUT2D eigenvalue weighted by molar-refractivity contribution is -0.438. The van der Waals surface area contributed by atoms with Crippen molar-refractivity contribution in [1.29, 1.82) is 0 Å². The Hall–Kier alpha value is -3.30. The van der Waals surface area contributed by atoms with E-state index < -0.39 is 0 Å². The number of thioether (sulfide) groups is 1. The summed E-state index contributed by atoms with van der Waals surface area (Å²) in [5.74, 6) is 0.961. The van der Waals surface area contributed by atoms with Gasteiger partial charge in [0.05, 0.1) is 16.5 Å². The standard InChI is InChI=1S/C39H43N2S/c1-39(28-30-17-4-3-5-18-30)36(25-26-37-40(2)33-21-10-11-22-35(33)42-37)41(27-13-12-16-29-14-6-7-15-29)34-24-23-31-19-8-9-20-32(31)38(34)39/h3-5,8-11,17-26,29,37H,6-7,12-16,27-28H2,1-2H3/q+1. The first-order valence-electron chi connectivity index (χ1n) is 16.0. The summed E-state index contributed by atoms with van der Waals surface area (Å²) in [5.41, 5.74) is 6.95. The molecule has 7 rings (SSSR count). The molecule has 0 amide bonds. The molecule has 1 fully saturated rings. The van der Waals surface area contributed by atoms with Crippen molar-refractivity contribution in [3.63, 3.8) is 0 Å². The summed E-state index contributed by atoms with van der Waals surface area (Å²) in [7, 11) is 2.24. The van der Waals surface area contributed by atoms with Crippen molar-refractivity contribution in [1.82, 2.24) is 0 Å².